The molecule has 0 atom stereocenters. The molecule has 3 heteroatoms. The van der Waals surface area contributed by atoms with Gasteiger partial charge in [-0.1, -0.05) is 18.2 Å². The van der Waals surface area contributed by atoms with Crippen molar-refractivity contribution in [2.24, 2.45) is 0 Å². The fourth-order valence-electron chi connectivity index (χ4n) is 1.31. The van der Waals surface area contributed by atoms with E-state index in [1.165, 1.54) is 0 Å². The normalized spacial score (nSPS) is 10.1. The van der Waals surface area contributed by atoms with Gasteiger partial charge in [-0.15, -0.1) is 0 Å². The van der Waals surface area contributed by atoms with E-state index < -0.39 is 0 Å². The van der Waals surface area contributed by atoms with E-state index in [0.717, 1.165) is 22.8 Å². The van der Waals surface area contributed by atoms with Crippen LogP contribution in [0.1, 0.15) is 5.56 Å². The molecule has 71 valence electrons. The van der Waals surface area contributed by atoms with Gasteiger partial charge in [0, 0.05) is 12.6 Å². The van der Waals surface area contributed by atoms with E-state index in [1.807, 2.05) is 31.3 Å². The van der Waals surface area contributed by atoms with E-state index in [2.05, 4.69) is 22.2 Å². The van der Waals surface area contributed by atoms with Gasteiger partial charge in [-0.2, -0.15) is 0 Å². The number of nitrogens with one attached hydrogen (secondary N) is 2. The van der Waals surface area contributed by atoms with Crippen molar-refractivity contribution in [2.75, 3.05) is 12.4 Å². The first-order valence-corrected chi connectivity index (χ1v) is 4.45. The van der Waals surface area contributed by atoms with Crippen LogP contribution in [0, 0.1) is 6.92 Å². The smallest absolute Gasteiger partial charge is 0.138 e. The van der Waals surface area contributed by atoms with E-state index in [9.17, 15) is 0 Å². The molecule has 0 aliphatic carbocycles. The van der Waals surface area contributed by atoms with Crippen LogP contribution in [0.25, 0.3) is 11.4 Å². The summed E-state index contributed by atoms with van der Waals surface area (Å²) < 4.78 is 0. The molecule has 0 saturated carbocycles. The van der Waals surface area contributed by atoms with Crippen molar-refractivity contribution in [2.45, 2.75) is 0 Å². The first-order valence-electron chi connectivity index (χ1n) is 4.45. The lowest BCUT2D eigenvalue weighted by Crippen LogP contribution is -1.87. The number of imidazole rings is 1. The Bertz CT molecular complexity index is 432. The van der Waals surface area contributed by atoms with Crippen molar-refractivity contribution in [3.8, 4) is 11.4 Å². The number of hydrogen-bond acceptors (Lipinski definition) is 2. The summed E-state index contributed by atoms with van der Waals surface area (Å²) in [7, 11) is 1.86. The van der Waals surface area contributed by atoms with Crippen LogP contribution < -0.4 is 5.32 Å². The second-order valence-corrected chi connectivity index (χ2v) is 3.10. The molecular weight excluding hydrogens is 174 g/mol. The van der Waals surface area contributed by atoms with Crippen LogP contribution in [0.4, 0.5) is 5.82 Å². The highest BCUT2D eigenvalue weighted by Gasteiger charge is 2.01. The van der Waals surface area contributed by atoms with Crippen molar-refractivity contribution in [3.05, 3.63) is 42.9 Å². The predicted octanol–water partition coefficient (Wildman–Crippen LogP) is 2.30. The van der Waals surface area contributed by atoms with Gasteiger partial charge in [-0.05, 0) is 18.6 Å². The number of hydrogen-bond donors (Lipinski definition) is 2. The highest BCUT2D eigenvalue weighted by atomic mass is 15.0. The van der Waals surface area contributed by atoms with Crippen LogP contribution in [-0.2, 0) is 0 Å². The molecule has 1 aromatic carbocycles. The highest BCUT2D eigenvalue weighted by molar-refractivity contribution is 5.59. The van der Waals surface area contributed by atoms with E-state index in [4.69, 9.17) is 0 Å². The second-order valence-electron chi connectivity index (χ2n) is 3.10. The van der Waals surface area contributed by atoms with Crippen LogP contribution in [0.3, 0.4) is 0 Å². The van der Waals surface area contributed by atoms with E-state index in [0.29, 0.717) is 0 Å². The maximum absolute atomic E-state index is 4.25. The van der Waals surface area contributed by atoms with Gasteiger partial charge in [-0.25, -0.2) is 4.98 Å². The van der Waals surface area contributed by atoms with Gasteiger partial charge in [0.2, 0.25) is 0 Å². The van der Waals surface area contributed by atoms with Gasteiger partial charge in [0.05, 0.1) is 6.20 Å². The second kappa shape index (κ2) is 3.54. The molecule has 14 heavy (non-hydrogen) atoms. The van der Waals surface area contributed by atoms with Crippen LogP contribution in [0.5, 0.6) is 0 Å². The summed E-state index contributed by atoms with van der Waals surface area (Å²) in [6, 6.07) is 7.94. The molecular formula is C11H12N3. The summed E-state index contributed by atoms with van der Waals surface area (Å²) in [6.07, 6.45) is 1.77. The number of aromatic amines is 1. The maximum atomic E-state index is 4.25. The van der Waals surface area contributed by atoms with Gasteiger partial charge in [0.15, 0.2) is 0 Å². The Morgan fingerprint density at radius 2 is 2.29 bits per heavy atom. The van der Waals surface area contributed by atoms with Crippen molar-refractivity contribution in [1.29, 1.82) is 0 Å². The monoisotopic (exact) mass is 186 g/mol. The molecule has 0 bridgehead atoms. The van der Waals surface area contributed by atoms with Gasteiger partial charge in [-0.3, -0.25) is 0 Å². The lowest BCUT2D eigenvalue weighted by Gasteiger charge is -1.98. The minimum Gasteiger partial charge on any atom is -0.373 e. The molecule has 0 spiro atoms. The molecule has 2 aromatic rings. The predicted molar refractivity (Wildman–Crippen MR) is 58.0 cm³/mol. The summed E-state index contributed by atoms with van der Waals surface area (Å²) in [5, 5.41) is 3.00. The van der Waals surface area contributed by atoms with Crippen molar-refractivity contribution >= 4 is 5.82 Å². The summed E-state index contributed by atoms with van der Waals surface area (Å²) in [6.45, 7) is 3.88. The average Bonchev–Trinajstić information content (AvgIpc) is 2.66. The molecule has 0 aliphatic rings. The van der Waals surface area contributed by atoms with Crippen LogP contribution in [-0.4, -0.2) is 17.0 Å². The fraction of sp³-hybridized carbons (Fsp3) is 0.0909. The molecule has 1 radical (unpaired) electrons. The molecule has 2 rings (SSSR count). The first-order chi connectivity index (χ1) is 6.79. The van der Waals surface area contributed by atoms with Crippen LogP contribution in [0.2, 0.25) is 0 Å². The number of anilines is 1. The number of H-pyrrole nitrogens is 1. The molecule has 0 unspecified atom stereocenters. The molecule has 0 fully saturated rings. The SMILES string of the molecule is [CH2]c1cccc(-c2ncc(NC)[nH]2)c1. The van der Waals surface area contributed by atoms with Gasteiger partial charge in [0.25, 0.3) is 0 Å². The molecule has 1 aromatic heterocycles. The zero-order valence-corrected chi connectivity index (χ0v) is 8.04. The van der Waals surface area contributed by atoms with E-state index in [-0.39, 0.29) is 0 Å². The molecule has 0 amide bonds. The Labute approximate surface area is 83.2 Å². The molecule has 3 nitrogen and oxygen atoms in total. The zero-order chi connectivity index (χ0) is 9.97. The topological polar surface area (TPSA) is 40.7 Å². The first kappa shape index (κ1) is 8.81. The largest absolute Gasteiger partial charge is 0.373 e. The standard InChI is InChI=1S/C11H12N3/c1-8-4-3-5-9(6-8)11-13-7-10(12-2)14-11/h3-7,12H,1H2,2H3,(H,13,14). The number of aromatic nitrogens is 2. The Morgan fingerprint density at radius 1 is 1.43 bits per heavy atom. The van der Waals surface area contributed by atoms with Crippen molar-refractivity contribution < 1.29 is 0 Å². The van der Waals surface area contributed by atoms with Crippen LogP contribution >= 0.6 is 0 Å². The lowest BCUT2D eigenvalue weighted by molar-refractivity contribution is 1.30. The Kier molecular flexibility index (Phi) is 2.23. The minimum atomic E-state index is 0.861. The summed E-state index contributed by atoms with van der Waals surface area (Å²) >= 11 is 0. The minimum absolute atomic E-state index is 0.861. The third kappa shape index (κ3) is 1.62. The maximum Gasteiger partial charge on any atom is 0.138 e. The van der Waals surface area contributed by atoms with E-state index >= 15 is 0 Å². The van der Waals surface area contributed by atoms with Crippen molar-refractivity contribution in [3.63, 3.8) is 0 Å². The Balaban J connectivity index is 2.39. The van der Waals surface area contributed by atoms with Crippen molar-refractivity contribution in [1.82, 2.24) is 9.97 Å². The molecule has 0 saturated heterocycles. The third-order valence-electron chi connectivity index (χ3n) is 2.05. The Hall–Kier alpha value is -1.77. The van der Waals surface area contributed by atoms with Gasteiger partial charge >= 0.3 is 0 Å². The molecule has 1 heterocycles. The quantitative estimate of drug-likeness (QED) is 0.755. The van der Waals surface area contributed by atoms with E-state index in [1.54, 1.807) is 6.20 Å². The van der Waals surface area contributed by atoms with Crippen LogP contribution in [0.15, 0.2) is 30.5 Å². The van der Waals surface area contributed by atoms with Gasteiger partial charge < -0.3 is 10.3 Å². The molecule has 2 N–H and O–H groups in total. The Morgan fingerprint density at radius 3 is 2.93 bits per heavy atom. The third-order valence-corrected chi connectivity index (χ3v) is 2.05. The lowest BCUT2D eigenvalue weighted by atomic mass is 10.1. The molecule has 0 aliphatic heterocycles. The number of nitrogens with zero attached hydrogens (tertiary/aromatic N) is 1. The summed E-state index contributed by atoms with van der Waals surface area (Å²) in [5.41, 5.74) is 2.05. The highest BCUT2D eigenvalue weighted by Crippen LogP contribution is 2.17. The number of rotatable bonds is 2. The summed E-state index contributed by atoms with van der Waals surface area (Å²) in [4.78, 5) is 7.41. The zero-order valence-electron chi connectivity index (χ0n) is 8.04. The average molecular weight is 186 g/mol. The van der Waals surface area contributed by atoms with Gasteiger partial charge in [0.1, 0.15) is 11.6 Å². The number of benzene rings is 1. The summed E-state index contributed by atoms with van der Waals surface area (Å²) in [5.74, 6) is 1.77. The fourth-order valence-corrected chi connectivity index (χ4v) is 1.31.